The van der Waals surface area contributed by atoms with E-state index in [9.17, 15) is 5.11 Å². The molecule has 4 aliphatic heterocycles. The molecule has 10 heteroatoms. The molecular weight excluding hydrogens is 622 g/mol. The van der Waals surface area contributed by atoms with Gasteiger partial charge in [-0.25, -0.2) is 13.8 Å². The van der Waals surface area contributed by atoms with Crippen molar-refractivity contribution in [2.45, 2.75) is 82.3 Å². The molecule has 2 aromatic carbocycles. The topological polar surface area (TPSA) is 86.6 Å². The van der Waals surface area contributed by atoms with Crippen molar-refractivity contribution in [2.24, 2.45) is 10.8 Å². The second kappa shape index (κ2) is 10.7. The van der Waals surface area contributed by atoms with E-state index in [1.165, 1.54) is 49.9 Å². The largest absolute Gasteiger partial charge is 0.508 e. The van der Waals surface area contributed by atoms with Gasteiger partial charge in [0, 0.05) is 47.6 Å². The highest BCUT2D eigenvalue weighted by atomic mass is 19.1. The summed E-state index contributed by atoms with van der Waals surface area (Å²) < 4.78 is 38.7. The van der Waals surface area contributed by atoms with Gasteiger partial charge in [-0.1, -0.05) is 12.0 Å². The predicted octanol–water partition coefficient (Wildman–Crippen LogP) is 6.10. The zero-order valence-corrected chi connectivity index (χ0v) is 27.6. The lowest BCUT2D eigenvalue weighted by Gasteiger charge is -2.41. The predicted molar refractivity (Wildman–Crippen MR) is 184 cm³/mol. The monoisotopic (exact) mass is 662 g/mol. The number of anilines is 1. The van der Waals surface area contributed by atoms with Gasteiger partial charge in [-0.15, -0.1) is 6.42 Å². The summed E-state index contributed by atoms with van der Waals surface area (Å²) in [7, 11) is 0. The number of ether oxygens (including phenoxy) is 1. The summed E-state index contributed by atoms with van der Waals surface area (Å²) in [6.07, 6.45) is 17.0. The van der Waals surface area contributed by atoms with Gasteiger partial charge < -0.3 is 25.0 Å². The number of halogens is 2. The van der Waals surface area contributed by atoms with Gasteiger partial charge in [-0.2, -0.15) is 9.97 Å². The van der Waals surface area contributed by atoms with E-state index in [0.29, 0.717) is 58.2 Å². The second-order valence-electron chi connectivity index (χ2n) is 15.8. The van der Waals surface area contributed by atoms with Gasteiger partial charge in [0.2, 0.25) is 0 Å². The van der Waals surface area contributed by atoms with Gasteiger partial charge in [0.1, 0.15) is 28.6 Å². The number of phenolic OH excluding ortho intramolecular Hbond substituents is 1. The minimum atomic E-state index is -0.661. The SMILES string of the molecule is C#Cc1c(F)ccc2cc(O)cc(-c3nc4c5c(nc(OCC6(CN7CCC8(CC7)CC8)CC6)nc5c3F)N3C[C@H]5CC[C@H](N5)[C@H]3CC4)c12. The summed E-state index contributed by atoms with van der Waals surface area (Å²) in [6.45, 7) is 4.59. The van der Waals surface area contributed by atoms with E-state index < -0.39 is 11.6 Å². The van der Waals surface area contributed by atoms with Crippen LogP contribution in [0.25, 0.3) is 32.9 Å². The van der Waals surface area contributed by atoms with E-state index in [4.69, 9.17) is 26.1 Å². The number of piperazine rings is 1. The number of nitrogens with zero attached hydrogens (tertiary/aromatic N) is 5. The van der Waals surface area contributed by atoms with Crippen LogP contribution in [0.15, 0.2) is 24.3 Å². The molecule has 49 heavy (non-hydrogen) atoms. The van der Waals surface area contributed by atoms with Crippen LogP contribution in [0.3, 0.4) is 0 Å². The minimum absolute atomic E-state index is 0.00188. The first kappa shape index (κ1) is 29.8. The van der Waals surface area contributed by atoms with Crippen LogP contribution in [-0.4, -0.2) is 75.9 Å². The zero-order chi connectivity index (χ0) is 33.1. The Hall–Kier alpha value is -4.07. The molecule has 252 valence electrons. The molecule has 5 fully saturated rings. The highest BCUT2D eigenvalue weighted by Gasteiger charge is 2.49. The Morgan fingerprint density at radius 3 is 2.61 bits per heavy atom. The van der Waals surface area contributed by atoms with Crippen LogP contribution < -0.4 is 15.0 Å². The van der Waals surface area contributed by atoms with Crippen molar-refractivity contribution in [2.75, 3.05) is 37.7 Å². The first-order valence-electron chi connectivity index (χ1n) is 18.0. The molecule has 2 aromatic heterocycles. The average molecular weight is 663 g/mol. The lowest BCUT2D eigenvalue weighted by atomic mass is 9.93. The van der Waals surface area contributed by atoms with Crippen molar-refractivity contribution in [1.82, 2.24) is 25.2 Å². The van der Waals surface area contributed by atoms with E-state index in [-0.39, 0.29) is 45.6 Å². The fourth-order valence-electron chi connectivity index (χ4n) is 9.44. The Bertz CT molecular complexity index is 2080. The molecule has 0 unspecified atom stereocenters. The lowest BCUT2D eigenvalue weighted by Crippen LogP contribution is -2.58. The number of piperidine rings is 1. The molecule has 10 rings (SSSR count). The van der Waals surface area contributed by atoms with Crippen molar-refractivity contribution in [1.29, 1.82) is 0 Å². The molecule has 0 radical (unpaired) electrons. The molecule has 2 saturated carbocycles. The van der Waals surface area contributed by atoms with E-state index in [0.717, 1.165) is 58.3 Å². The average Bonchev–Trinajstić information content (AvgIpc) is 4.03. The van der Waals surface area contributed by atoms with Crippen LogP contribution >= 0.6 is 0 Å². The molecule has 3 atom stereocenters. The molecule has 2 bridgehead atoms. The maximum atomic E-state index is 17.2. The summed E-state index contributed by atoms with van der Waals surface area (Å²) in [5.74, 6) is 1.78. The van der Waals surface area contributed by atoms with Gasteiger partial charge in [-0.05, 0) is 106 Å². The number of nitrogens with one attached hydrogen (secondary N) is 1. The van der Waals surface area contributed by atoms with Gasteiger partial charge in [0.15, 0.2) is 5.82 Å². The molecule has 1 spiro atoms. The zero-order valence-electron chi connectivity index (χ0n) is 27.6. The van der Waals surface area contributed by atoms with Gasteiger partial charge in [-0.3, -0.25) is 0 Å². The molecular formula is C39H40F2N6O2. The van der Waals surface area contributed by atoms with E-state index >= 15 is 8.78 Å². The summed E-state index contributed by atoms with van der Waals surface area (Å²) in [5, 5.41) is 15.9. The van der Waals surface area contributed by atoms with Gasteiger partial charge in [0.05, 0.1) is 23.3 Å². The number of rotatable bonds is 6. The third-order valence-corrected chi connectivity index (χ3v) is 12.7. The molecule has 3 saturated heterocycles. The number of hydrogen-bond donors (Lipinski definition) is 2. The molecule has 0 amide bonds. The third-order valence-electron chi connectivity index (χ3n) is 12.7. The fourth-order valence-corrected chi connectivity index (χ4v) is 9.44. The summed E-state index contributed by atoms with van der Waals surface area (Å²) in [4.78, 5) is 19.7. The quantitative estimate of drug-likeness (QED) is 0.240. The molecule has 2 N–H and O–H groups in total. The summed E-state index contributed by atoms with van der Waals surface area (Å²) >= 11 is 0. The highest BCUT2D eigenvalue weighted by Crippen LogP contribution is 2.55. The van der Waals surface area contributed by atoms with Crippen LogP contribution in [-0.2, 0) is 6.42 Å². The van der Waals surface area contributed by atoms with Gasteiger partial charge in [0.25, 0.3) is 0 Å². The smallest absolute Gasteiger partial charge is 0.319 e. The number of aromatic hydroxyl groups is 1. The van der Waals surface area contributed by atoms with Crippen molar-refractivity contribution >= 4 is 27.5 Å². The fraction of sp³-hybridized carbons (Fsp3) is 0.513. The first-order valence-corrected chi connectivity index (χ1v) is 18.0. The van der Waals surface area contributed by atoms with Crippen LogP contribution in [0, 0.1) is 34.8 Å². The Labute approximate surface area is 284 Å². The van der Waals surface area contributed by atoms with Crippen LogP contribution in [0.5, 0.6) is 11.8 Å². The van der Waals surface area contributed by atoms with Crippen LogP contribution in [0.4, 0.5) is 14.6 Å². The second-order valence-corrected chi connectivity index (χ2v) is 15.8. The first-order chi connectivity index (χ1) is 23.8. The highest BCUT2D eigenvalue weighted by molar-refractivity contribution is 6.03. The van der Waals surface area contributed by atoms with E-state index in [1.54, 1.807) is 0 Å². The molecule has 8 nitrogen and oxygen atoms in total. The van der Waals surface area contributed by atoms with Crippen molar-refractivity contribution in [3.8, 4) is 35.4 Å². The summed E-state index contributed by atoms with van der Waals surface area (Å²) in [6, 6.07) is 6.74. The number of hydrogen-bond acceptors (Lipinski definition) is 8. The number of likely N-dealkylation sites (tertiary alicyclic amines) is 1. The number of terminal acetylenes is 1. The van der Waals surface area contributed by atoms with E-state index in [2.05, 4.69) is 21.0 Å². The number of aryl methyl sites for hydroxylation is 1. The Morgan fingerprint density at radius 2 is 1.84 bits per heavy atom. The van der Waals surface area contributed by atoms with E-state index in [1.807, 2.05) is 0 Å². The number of aromatic nitrogens is 3. The molecule has 2 aliphatic carbocycles. The minimum Gasteiger partial charge on any atom is -0.508 e. The van der Waals surface area contributed by atoms with Gasteiger partial charge >= 0.3 is 6.01 Å². The third kappa shape index (κ3) is 4.87. The van der Waals surface area contributed by atoms with Crippen molar-refractivity contribution in [3.05, 3.63) is 47.2 Å². The van der Waals surface area contributed by atoms with Crippen LogP contribution in [0.1, 0.15) is 69.0 Å². The Balaban J connectivity index is 1.08. The molecule has 6 aliphatic rings. The Kier molecular flexibility index (Phi) is 6.52. The van der Waals surface area contributed by atoms with Crippen molar-refractivity contribution < 1.29 is 18.6 Å². The molecule has 6 heterocycles. The molecule has 4 aromatic rings. The standard InChI is InChI=1S/C39H40F2N6O2/c1-2-25-27(40)5-3-22-17-24(48)18-26(31(22)25)34-33(41)35-32-29(43-34)7-8-30-28-6-4-23(42-28)19-47(30)36(32)45-37(44-35)49-21-39(11-12-39)20-46-15-13-38(9-10-38)14-16-46/h1,3,5,17-18,23,28,30,42,48H,4,6-16,19-21H2/t23-,28+,30-/m1/s1. The lowest BCUT2D eigenvalue weighted by molar-refractivity contribution is 0.115. The number of fused-ring (bicyclic) bond motifs is 6. The number of pyridine rings is 1. The maximum absolute atomic E-state index is 17.2. The Morgan fingerprint density at radius 1 is 1.00 bits per heavy atom. The maximum Gasteiger partial charge on any atom is 0.319 e. The normalized spacial score (nSPS) is 26.1. The number of benzene rings is 2. The number of phenols is 1. The van der Waals surface area contributed by atoms with Crippen molar-refractivity contribution in [3.63, 3.8) is 0 Å². The van der Waals surface area contributed by atoms with Crippen LogP contribution in [0.2, 0.25) is 0 Å². The summed E-state index contributed by atoms with van der Waals surface area (Å²) in [5.41, 5.74) is 1.75.